The van der Waals surface area contributed by atoms with Crippen LogP contribution in [0.1, 0.15) is 17.5 Å². The first-order chi connectivity index (χ1) is 7.97. The number of aromatic nitrogens is 1. The minimum atomic E-state index is -0.0585. The Kier molecular flexibility index (Phi) is 5.44. The second kappa shape index (κ2) is 6.39. The first-order valence-electron chi connectivity index (χ1n) is 4.82. The lowest BCUT2D eigenvalue weighted by atomic mass is 10.3. The van der Waals surface area contributed by atoms with Crippen molar-refractivity contribution < 1.29 is 5.11 Å². The van der Waals surface area contributed by atoms with Crippen molar-refractivity contribution in [2.45, 2.75) is 13.8 Å². The Balaban J connectivity index is 2.97. The molecule has 0 unspecified atom stereocenters. The minimum Gasteiger partial charge on any atom is -0.394 e. The van der Waals surface area contributed by atoms with E-state index in [1.165, 1.54) is 16.5 Å². The maximum absolute atomic E-state index is 8.88. The SMILES string of the molecule is C/C(=N\N(CCO)C(N)=S)c1snc(C)c1Br. The van der Waals surface area contributed by atoms with E-state index < -0.39 is 0 Å². The molecule has 1 heterocycles. The Morgan fingerprint density at radius 3 is 2.76 bits per heavy atom. The molecule has 0 aliphatic carbocycles. The zero-order valence-corrected chi connectivity index (χ0v) is 12.7. The van der Waals surface area contributed by atoms with Crippen molar-refractivity contribution in [1.82, 2.24) is 9.38 Å². The number of aliphatic hydroxyl groups is 1. The Morgan fingerprint density at radius 1 is 1.71 bits per heavy atom. The van der Waals surface area contributed by atoms with Crippen molar-refractivity contribution >= 4 is 50.5 Å². The van der Waals surface area contributed by atoms with Crippen LogP contribution in [0.15, 0.2) is 9.57 Å². The fraction of sp³-hybridized carbons (Fsp3) is 0.444. The topological polar surface area (TPSA) is 74.7 Å². The maximum Gasteiger partial charge on any atom is 0.187 e. The number of rotatable bonds is 4. The van der Waals surface area contributed by atoms with E-state index in [1.54, 1.807) is 0 Å². The number of nitrogens with two attached hydrogens (primary N) is 1. The molecule has 17 heavy (non-hydrogen) atoms. The highest BCUT2D eigenvalue weighted by Gasteiger charge is 2.12. The standard InChI is InChI=1S/C9H13BrN4OS2/c1-5-7(10)8(17-13-5)6(2)12-14(3-4-15)9(11)16/h15H,3-4H2,1-2H3,(H2,11,16)/b12-6+. The molecule has 1 rings (SSSR count). The number of aliphatic hydroxyl groups excluding tert-OH is 1. The number of nitrogens with zero attached hydrogens (tertiary/aromatic N) is 3. The summed E-state index contributed by atoms with van der Waals surface area (Å²) in [5.41, 5.74) is 7.18. The average Bonchev–Trinajstić information content (AvgIpc) is 2.59. The van der Waals surface area contributed by atoms with E-state index >= 15 is 0 Å². The summed E-state index contributed by atoms with van der Waals surface area (Å²) >= 11 is 9.66. The summed E-state index contributed by atoms with van der Waals surface area (Å²) in [5.74, 6) is 0. The van der Waals surface area contributed by atoms with Crippen molar-refractivity contribution in [3.63, 3.8) is 0 Å². The van der Waals surface area contributed by atoms with Gasteiger partial charge in [-0.05, 0) is 53.5 Å². The molecule has 0 saturated carbocycles. The van der Waals surface area contributed by atoms with Crippen molar-refractivity contribution in [2.24, 2.45) is 10.8 Å². The Labute approximate surface area is 118 Å². The molecule has 94 valence electrons. The van der Waals surface area contributed by atoms with E-state index in [2.05, 4.69) is 25.4 Å². The van der Waals surface area contributed by atoms with Gasteiger partial charge >= 0.3 is 0 Å². The molecule has 5 nitrogen and oxygen atoms in total. The molecule has 0 spiro atoms. The van der Waals surface area contributed by atoms with Gasteiger partial charge in [0.15, 0.2) is 5.11 Å². The van der Waals surface area contributed by atoms with Crippen LogP contribution in [0.25, 0.3) is 0 Å². The molecular weight excluding hydrogens is 324 g/mol. The van der Waals surface area contributed by atoms with Crippen molar-refractivity contribution in [2.75, 3.05) is 13.2 Å². The van der Waals surface area contributed by atoms with E-state index in [1.807, 2.05) is 13.8 Å². The molecule has 0 amide bonds. The summed E-state index contributed by atoms with van der Waals surface area (Å²) < 4.78 is 5.14. The van der Waals surface area contributed by atoms with Gasteiger partial charge in [-0.2, -0.15) is 9.47 Å². The lowest BCUT2D eigenvalue weighted by molar-refractivity contribution is 0.253. The normalized spacial score (nSPS) is 11.6. The number of hydrazone groups is 1. The predicted octanol–water partition coefficient (Wildman–Crippen LogP) is 1.48. The summed E-state index contributed by atoms with van der Waals surface area (Å²) in [7, 11) is 0. The molecule has 1 aromatic heterocycles. The molecule has 0 bridgehead atoms. The van der Waals surface area contributed by atoms with Gasteiger partial charge in [0.2, 0.25) is 0 Å². The second-order valence-corrected chi connectivity index (χ2v) is 5.27. The zero-order valence-electron chi connectivity index (χ0n) is 9.47. The lowest BCUT2D eigenvalue weighted by Gasteiger charge is -2.16. The fourth-order valence-corrected chi connectivity index (χ4v) is 2.68. The summed E-state index contributed by atoms with van der Waals surface area (Å²) in [5, 5.41) is 14.7. The van der Waals surface area contributed by atoms with Crippen LogP contribution in [0, 0.1) is 6.92 Å². The molecule has 0 aromatic carbocycles. The van der Waals surface area contributed by atoms with E-state index in [9.17, 15) is 0 Å². The molecular formula is C9H13BrN4OS2. The van der Waals surface area contributed by atoms with Crippen LogP contribution < -0.4 is 5.73 Å². The maximum atomic E-state index is 8.88. The van der Waals surface area contributed by atoms with Crippen LogP contribution in [-0.4, -0.2) is 38.5 Å². The molecule has 0 aliphatic heterocycles. The lowest BCUT2D eigenvalue weighted by Crippen LogP contribution is -2.34. The second-order valence-electron chi connectivity index (χ2n) is 3.28. The van der Waals surface area contributed by atoms with Gasteiger partial charge in [-0.15, -0.1) is 0 Å². The van der Waals surface area contributed by atoms with Gasteiger partial charge in [0.25, 0.3) is 0 Å². The van der Waals surface area contributed by atoms with Gasteiger partial charge in [-0.1, -0.05) is 0 Å². The van der Waals surface area contributed by atoms with E-state index in [4.69, 9.17) is 23.1 Å². The molecule has 0 atom stereocenters. The third kappa shape index (κ3) is 3.70. The molecule has 0 radical (unpaired) electrons. The third-order valence-electron chi connectivity index (χ3n) is 1.96. The number of thiocarbonyl (C=S) groups is 1. The monoisotopic (exact) mass is 336 g/mol. The Morgan fingerprint density at radius 2 is 2.35 bits per heavy atom. The predicted molar refractivity (Wildman–Crippen MR) is 77.3 cm³/mol. The summed E-state index contributed by atoms with van der Waals surface area (Å²) in [6, 6.07) is 0. The highest BCUT2D eigenvalue weighted by atomic mass is 79.9. The van der Waals surface area contributed by atoms with Gasteiger partial charge < -0.3 is 10.8 Å². The average molecular weight is 337 g/mol. The third-order valence-corrected chi connectivity index (χ3v) is 4.45. The van der Waals surface area contributed by atoms with Crippen LogP contribution >= 0.6 is 39.7 Å². The first-order valence-corrected chi connectivity index (χ1v) is 6.80. The number of halogens is 1. The van der Waals surface area contributed by atoms with Gasteiger partial charge in [-0.3, -0.25) is 0 Å². The summed E-state index contributed by atoms with van der Waals surface area (Å²) in [6.07, 6.45) is 0. The Bertz CT molecular complexity index is 446. The number of aryl methyl sites for hydroxylation is 1. The van der Waals surface area contributed by atoms with E-state index in [0.717, 1.165) is 20.8 Å². The van der Waals surface area contributed by atoms with Gasteiger partial charge in [0.05, 0.1) is 33.9 Å². The van der Waals surface area contributed by atoms with Gasteiger partial charge in [0.1, 0.15) is 0 Å². The summed E-state index contributed by atoms with van der Waals surface area (Å²) in [4.78, 5) is 0.932. The smallest absolute Gasteiger partial charge is 0.187 e. The van der Waals surface area contributed by atoms with E-state index in [-0.39, 0.29) is 18.3 Å². The molecule has 1 aromatic rings. The highest BCUT2D eigenvalue weighted by Crippen LogP contribution is 2.25. The molecule has 0 fully saturated rings. The van der Waals surface area contributed by atoms with Crippen molar-refractivity contribution in [3.8, 4) is 0 Å². The molecule has 3 N–H and O–H groups in total. The number of hydrogen-bond acceptors (Lipinski definition) is 5. The van der Waals surface area contributed by atoms with Gasteiger partial charge in [0, 0.05) is 0 Å². The van der Waals surface area contributed by atoms with Crippen molar-refractivity contribution in [3.05, 3.63) is 15.0 Å². The zero-order chi connectivity index (χ0) is 13.0. The minimum absolute atomic E-state index is 0.0585. The molecule has 8 heteroatoms. The quantitative estimate of drug-likeness (QED) is 0.494. The van der Waals surface area contributed by atoms with Crippen LogP contribution in [0.5, 0.6) is 0 Å². The Hall–Kier alpha value is -0.570. The van der Waals surface area contributed by atoms with Crippen LogP contribution in [0.2, 0.25) is 0 Å². The molecule has 0 aliphatic rings. The van der Waals surface area contributed by atoms with Gasteiger partial charge in [-0.25, -0.2) is 5.01 Å². The summed E-state index contributed by atoms with van der Waals surface area (Å²) in [6.45, 7) is 3.98. The van der Waals surface area contributed by atoms with E-state index in [0.29, 0.717) is 0 Å². The molecule has 0 saturated heterocycles. The van der Waals surface area contributed by atoms with Crippen molar-refractivity contribution in [1.29, 1.82) is 0 Å². The van der Waals surface area contributed by atoms with Crippen LogP contribution in [0.3, 0.4) is 0 Å². The van der Waals surface area contributed by atoms with Crippen LogP contribution in [0.4, 0.5) is 0 Å². The fourth-order valence-electron chi connectivity index (χ4n) is 1.11. The van der Waals surface area contributed by atoms with Crippen LogP contribution in [-0.2, 0) is 0 Å². The highest BCUT2D eigenvalue weighted by molar-refractivity contribution is 9.10. The number of hydrogen-bond donors (Lipinski definition) is 2. The largest absolute Gasteiger partial charge is 0.394 e. The first kappa shape index (κ1) is 14.5.